The first kappa shape index (κ1) is 12.3. The number of rotatable bonds is 4. The minimum Gasteiger partial charge on any atom is -0.343 e. The number of aryl methyl sites for hydroxylation is 1. The van der Waals surface area contributed by atoms with Gasteiger partial charge in [0.2, 0.25) is 0 Å². The van der Waals surface area contributed by atoms with E-state index >= 15 is 0 Å². The zero-order valence-electron chi connectivity index (χ0n) is 9.79. The molecule has 0 saturated heterocycles. The Morgan fingerprint density at radius 1 is 1.41 bits per heavy atom. The van der Waals surface area contributed by atoms with Crippen LogP contribution in [0.15, 0.2) is 23.0 Å². The molecule has 4 heteroatoms. The van der Waals surface area contributed by atoms with Crippen molar-refractivity contribution < 1.29 is 0 Å². The second-order valence-electron chi connectivity index (χ2n) is 4.07. The smallest absolute Gasteiger partial charge is 0.281 e. The van der Waals surface area contributed by atoms with Gasteiger partial charge >= 0.3 is 0 Å². The van der Waals surface area contributed by atoms with E-state index in [2.05, 4.69) is 32.8 Å². The van der Waals surface area contributed by atoms with E-state index in [9.17, 15) is 4.79 Å². The van der Waals surface area contributed by atoms with Crippen LogP contribution in [-0.2, 0) is 11.8 Å². The zero-order chi connectivity index (χ0) is 12.3. The number of alkyl halides is 1. The number of aromatic amines is 1. The lowest BCUT2D eigenvalue weighted by atomic mass is 10.1. The molecular weight excluding hydrogens is 280 g/mol. The highest BCUT2D eigenvalue weighted by molar-refractivity contribution is 9.08. The molecule has 0 aliphatic heterocycles. The maximum Gasteiger partial charge on any atom is 0.281 e. The molecular formula is C13H15BrN2O. The van der Waals surface area contributed by atoms with Gasteiger partial charge in [0.15, 0.2) is 0 Å². The summed E-state index contributed by atoms with van der Waals surface area (Å²) < 4.78 is 0. The van der Waals surface area contributed by atoms with Crippen LogP contribution in [0.1, 0.15) is 31.2 Å². The third-order valence-electron chi connectivity index (χ3n) is 2.79. The maximum absolute atomic E-state index is 12.0. The normalized spacial score (nSPS) is 10.9. The van der Waals surface area contributed by atoms with Gasteiger partial charge in [-0.3, -0.25) is 4.79 Å². The van der Waals surface area contributed by atoms with Crippen molar-refractivity contribution in [3.63, 3.8) is 0 Å². The van der Waals surface area contributed by atoms with Gasteiger partial charge in [-0.2, -0.15) is 4.98 Å². The number of H-pyrrole nitrogens is 1. The summed E-state index contributed by atoms with van der Waals surface area (Å²) in [7, 11) is 0. The summed E-state index contributed by atoms with van der Waals surface area (Å²) in [6.45, 7) is 2.13. The first-order chi connectivity index (χ1) is 8.26. The zero-order valence-corrected chi connectivity index (χ0v) is 11.4. The second kappa shape index (κ2) is 5.45. The van der Waals surface area contributed by atoms with Crippen molar-refractivity contribution in [2.24, 2.45) is 0 Å². The van der Waals surface area contributed by atoms with Gasteiger partial charge in [-0.15, -0.1) is 0 Å². The molecule has 0 spiro atoms. The quantitative estimate of drug-likeness (QED) is 0.881. The molecule has 1 aromatic heterocycles. The molecule has 1 aromatic carbocycles. The first-order valence-electron chi connectivity index (χ1n) is 5.83. The largest absolute Gasteiger partial charge is 0.343 e. The second-order valence-corrected chi connectivity index (χ2v) is 4.63. The van der Waals surface area contributed by atoms with E-state index in [1.807, 2.05) is 18.2 Å². The van der Waals surface area contributed by atoms with Crippen LogP contribution in [0.5, 0.6) is 0 Å². The Kier molecular flexibility index (Phi) is 3.94. The lowest BCUT2D eigenvalue weighted by molar-refractivity contribution is 0.753. The average Bonchev–Trinajstić information content (AvgIpc) is 2.35. The molecule has 0 aliphatic carbocycles. The van der Waals surface area contributed by atoms with E-state index < -0.39 is 0 Å². The topological polar surface area (TPSA) is 45.8 Å². The molecule has 90 valence electrons. The number of halogens is 1. The van der Waals surface area contributed by atoms with Gasteiger partial charge in [0.25, 0.3) is 5.56 Å². The van der Waals surface area contributed by atoms with Crippen LogP contribution in [0.2, 0.25) is 0 Å². The Labute approximate surface area is 108 Å². The number of nitrogens with one attached hydrogen (secondary N) is 1. The van der Waals surface area contributed by atoms with Gasteiger partial charge in [0.05, 0.1) is 10.9 Å². The van der Waals surface area contributed by atoms with E-state index in [4.69, 9.17) is 0 Å². The summed E-state index contributed by atoms with van der Waals surface area (Å²) in [6.07, 6.45) is 2.98. The molecule has 2 rings (SSSR count). The molecule has 0 unspecified atom stereocenters. The van der Waals surface area contributed by atoms with Crippen LogP contribution in [0.4, 0.5) is 0 Å². The van der Waals surface area contributed by atoms with Gasteiger partial charge < -0.3 is 4.98 Å². The summed E-state index contributed by atoms with van der Waals surface area (Å²) in [5.41, 5.74) is 1.74. The molecule has 0 atom stereocenters. The standard InChI is InChI=1S/C13H15BrN2O/c1-2-3-7-11-15-10-6-4-5-9(8-14)12(10)13(17)16-11/h4-6H,2-3,7-8H2,1H3,(H,15,16,17). The van der Waals surface area contributed by atoms with Gasteiger partial charge in [-0.05, 0) is 18.1 Å². The Balaban J connectivity index is 2.56. The van der Waals surface area contributed by atoms with Gasteiger partial charge in [-0.25, -0.2) is 0 Å². The van der Waals surface area contributed by atoms with Gasteiger partial charge in [-0.1, -0.05) is 41.4 Å². The Morgan fingerprint density at radius 2 is 2.24 bits per heavy atom. The predicted octanol–water partition coefficient (Wildman–Crippen LogP) is 3.16. The lowest BCUT2D eigenvalue weighted by Gasteiger charge is -2.05. The molecule has 2 aromatic rings. The lowest BCUT2D eigenvalue weighted by Crippen LogP contribution is -2.13. The molecule has 17 heavy (non-hydrogen) atoms. The van der Waals surface area contributed by atoms with Crippen molar-refractivity contribution in [3.8, 4) is 0 Å². The van der Waals surface area contributed by atoms with E-state index in [0.717, 1.165) is 36.2 Å². The van der Waals surface area contributed by atoms with Crippen LogP contribution in [0.25, 0.3) is 10.9 Å². The van der Waals surface area contributed by atoms with Crippen LogP contribution >= 0.6 is 15.9 Å². The van der Waals surface area contributed by atoms with Crippen LogP contribution in [-0.4, -0.2) is 9.97 Å². The minimum absolute atomic E-state index is 0.125. The molecule has 0 saturated carbocycles. The van der Waals surface area contributed by atoms with Crippen molar-refractivity contribution >= 4 is 26.8 Å². The van der Waals surface area contributed by atoms with E-state index in [1.165, 1.54) is 0 Å². The monoisotopic (exact) mass is 294 g/mol. The summed E-state index contributed by atoms with van der Waals surface area (Å²) in [4.78, 5) is 19.4. The Morgan fingerprint density at radius 3 is 2.94 bits per heavy atom. The van der Waals surface area contributed by atoms with Crippen molar-refractivity contribution in [3.05, 3.63) is 39.9 Å². The highest BCUT2D eigenvalue weighted by atomic mass is 79.9. The van der Waals surface area contributed by atoms with Crippen LogP contribution in [0.3, 0.4) is 0 Å². The van der Waals surface area contributed by atoms with Crippen molar-refractivity contribution in [1.82, 2.24) is 9.97 Å². The fourth-order valence-electron chi connectivity index (χ4n) is 1.89. The molecule has 0 aliphatic rings. The molecule has 0 fully saturated rings. The number of nitrogens with zero attached hydrogens (tertiary/aromatic N) is 1. The third-order valence-corrected chi connectivity index (χ3v) is 3.40. The number of hydrogen-bond acceptors (Lipinski definition) is 2. The van der Waals surface area contributed by atoms with Crippen molar-refractivity contribution in [2.75, 3.05) is 0 Å². The van der Waals surface area contributed by atoms with E-state index in [1.54, 1.807) is 0 Å². The SMILES string of the molecule is CCCCc1nc(=O)c2c(CBr)cccc2[nH]1. The summed E-state index contributed by atoms with van der Waals surface area (Å²) >= 11 is 3.39. The van der Waals surface area contributed by atoms with Crippen molar-refractivity contribution in [1.29, 1.82) is 0 Å². The maximum atomic E-state index is 12.0. The van der Waals surface area contributed by atoms with Crippen LogP contribution < -0.4 is 5.56 Å². The number of benzene rings is 1. The molecule has 0 bridgehead atoms. The van der Waals surface area contributed by atoms with E-state index in [0.29, 0.717) is 10.7 Å². The van der Waals surface area contributed by atoms with Crippen molar-refractivity contribution in [2.45, 2.75) is 31.5 Å². The first-order valence-corrected chi connectivity index (χ1v) is 6.95. The third kappa shape index (κ3) is 2.57. The fourth-order valence-corrected chi connectivity index (χ4v) is 2.36. The Hall–Kier alpha value is -1.16. The minimum atomic E-state index is -0.125. The predicted molar refractivity (Wildman–Crippen MR) is 73.6 cm³/mol. The highest BCUT2D eigenvalue weighted by Gasteiger charge is 2.07. The molecule has 0 amide bonds. The molecule has 1 heterocycles. The van der Waals surface area contributed by atoms with Crippen LogP contribution in [0, 0.1) is 0 Å². The molecule has 0 radical (unpaired) electrons. The average molecular weight is 295 g/mol. The highest BCUT2D eigenvalue weighted by Crippen LogP contribution is 2.16. The summed E-state index contributed by atoms with van der Waals surface area (Å²) in [6, 6.07) is 5.83. The van der Waals surface area contributed by atoms with E-state index in [-0.39, 0.29) is 5.56 Å². The fraction of sp³-hybridized carbons (Fsp3) is 0.385. The Bertz CT molecular complexity index is 577. The molecule has 1 N–H and O–H groups in total. The number of aromatic nitrogens is 2. The summed E-state index contributed by atoms with van der Waals surface area (Å²) in [5.74, 6) is 0.788. The molecule has 3 nitrogen and oxygen atoms in total. The number of hydrogen-bond donors (Lipinski definition) is 1. The number of fused-ring (bicyclic) bond motifs is 1. The number of unbranched alkanes of at least 4 members (excludes halogenated alkanes) is 1. The van der Waals surface area contributed by atoms with Gasteiger partial charge in [0, 0.05) is 11.8 Å². The van der Waals surface area contributed by atoms with Gasteiger partial charge in [0.1, 0.15) is 5.82 Å². The summed E-state index contributed by atoms with van der Waals surface area (Å²) in [5, 5.41) is 1.37.